The Kier molecular flexibility index (Phi) is 7.80. The average molecular weight is 359 g/mol. The van der Waals surface area contributed by atoms with Crippen LogP contribution in [0.5, 0.6) is 0 Å². The third kappa shape index (κ3) is 5.50. The first-order valence-corrected chi connectivity index (χ1v) is 9.85. The topological polar surface area (TPSA) is 61.9 Å². The second-order valence-corrected chi connectivity index (χ2v) is 7.05. The molecule has 2 rings (SSSR count). The van der Waals surface area contributed by atoms with E-state index in [1.807, 2.05) is 18.2 Å². The van der Waals surface area contributed by atoms with Crippen LogP contribution in [0.15, 0.2) is 29.4 Å². The summed E-state index contributed by atoms with van der Waals surface area (Å²) in [4.78, 5) is 18.5. The van der Waals surface area contributed by atoms with Crippen molar-refractivity contribution < 1.29 is 4.79 Å². The molecule has 0 fully saturated rings. The standard InChI is InChI=1S/C19H26N4OS/c1-3-4-5-8-14-23-17-11-7-6-10-16(17)21-19(23)25-15-18(24)22(2)13-9-12-20/h6-7,10-11H,3-5,8-9,13-15H2,1-2H3. The second-order valence-electron chi connectivity index (χ2n) is 6.11. The van der Waals surface area contributed by atoms with Gasteiger partial charge in [0.15, 0.2) is 5.16 Å². The van der Waals surface area contributed by atoms with Gasteiger partial charge in [0.1, 0.15) is 0 Å². The van der Waals surface area contributed by atoms with Crippen LogP contribution in [-0.2, 0) is 11.3 Å². The van der Waals surface area contributed by atoms with Crippen molar-refractivity contribution in [1.29, 1.82) is 5.26 Å². The number of benzene rings is 1. The molecule has 5 nitrogen and oxygen atoms in total. The molecule has 0 saturated heterocycles. The van der Waals surface area contributed by atoms with Crippen molar-refractivity contribution in [3.63, 3.8) is 0 Å². The van der Waals surface area contributed by atoms with Crippen molar-refractivity contribution in [2.75, 3.05) is 19.3 Å². The fourth-order valence-electron chi connectivity index (χ4n) is 2.66. The second kappa shape index (κ2) is 10.1. The number of aromatic nitrogens is 2. The van der Waals surface area contributed by atoms with Gasteiger partial charge >= 0.3 is 0 Å². The fourth-order valence-corrected chi connectivity index (χ4v) is 3.64. The number of amides is 1. The average Bonchev–Trinajstić information content (AvgIpc) is 2.98. The lowest BCUT2D eigenvalue weighted by molar-refractivity contribution is -0.127. The third-order valence-electron chi connectivity index (χ3n) is 4.16. The van der Waals surface area contributed by atoms with Gasteiger partial charge < -0.3 is 9.47 Å². The molecule has 6 heteroatoms. The molecule has 0 aliphatic rings. The van der Waals surface area contributed by atoms with Gasteiger partial charge in [-0.25, -0.2) is 4.98 Å². The molecule has 0 N–H and O–H groups in total. The summed E-state index contributed by atoms with van der Waals surface area (Å²) in [6.45, 7) is 3.62. The third-order valence-corrected chi connectivity index (χ3v) is 5.13. The maximum absolute atomic E-state index is 12.2. The molecule has 0 bridgehead atoms. The van der Waals surface area contributed by atoms with E-state index in [2.05, 4.69) is 23.6 Å². The number of fused-ring (bicyclic) bond motifs is 1. The summed E-state index contributed by atoms with van der Waals surface area (Å²) < 4.78 is 2.23. The Morgan fingerprint density at radius 2 is 2.12 bits per heavy atom. The van der Waals surface area contributed by atoms with Crippen molar-refractivity contribution in [1.82, 2.24) is 14.5 Å². The zero-order valence-corrected chi connectivity index (χ0v) is 15.9. The van der Waals surface area contributed by atoms with Gasteiger partial charge in [-0.3, -0.25) is 4.79 Å². The number of hydrogen-bond donors (Lipinski definition) is 0. The van der Waals surface area contributed by atoms with Crippen molar-refractivity contribution in [2.45, 2.75) is 50.7 Å². The molecule has 0 spiro atoms. The van der Waals surface area contributed by atoms with E-state index in [-0.39, 0.29) is 5.91 Å². The summed E-state index contributed by atoms with van der Waals surface area (Å²) in [6.07, 6.45) is 5.16. The van der Waals surface area contributed by atoms with Crippen LogP contribution < -0.4 is 0 Å². The summed E-state index contributed by atoms with van der Waals surface area (Å²) in [5, 5.41) is 9.54. The van der Waals surface area contributed by atoms with E-state index in [1.165, 1.54) is 31.0 Å². The number of hydrogen-bond acceptors (Lipinski definition) is 4. The Morgan fingerprint density at radius 1 is 1.32 bits per heavy atom. The number of aryl methyl sites for hydroxylation is 1. The monoisotopic (exact) mass is 358 g/mol. The van der Waals surface area contributed by atoms with Crippen LogP contribution in [0.25, 0.3) is 11.0 Å². The quantitative estimate of drug-likeness (QED) is 0.474. The molecule has 1 aromatic carbocycles. The van der Waals surface area contributed by atoms with E-state index >= 15 is 0 Å². The molecular weight excluding hydrogens is 332 g/mol. The highest BCUT2D eigenvalue weighted by Gasteiger charge is 2.14. The van der Waals surface area contributed by atoms with E-state index in [0.717, 1.165) is 29.2 Å². The molecule has 1 heterocycles. The number of para-hydroxylation sites is 2. The molecule has 2 aromatic rings. The van der Waals surface area contributed by atoms with E-state index < -0.39 is 0 Å². The van der Waals surface area contributed by atoms with Gasteiger partial charge in [-0.05, 0) is 18.6 Å². The van der Waals surface area contributed by atoms with Crippen LogP contribution in [0.1, 0.15) is 39.0 Å². The summed E-state index contributed by atoms with van der Waals surface area (Å²) in [6, 6.07) is 10.2. The Balaban J connectivity index is 2.06. The highest BCUT2D eigenvalue weighted by Crippen LogP contribution is 2.25. The SMILES string of the molecule is CCCCCCn1c(SCC(=O)N(C)CCC#N)nc2ccccc21. The number of nitriles is 1. The number of nitrogens with zero attached hydrogens (tertiary/aromatic N) is 4. The Labute approximate surface area is 154 Å². The minimum absolute atomic E-state index is 0.0323. The van der Waals surface area contributed by atoms with Crippen LogP contribution >= 0.6 is 11.8 Å². The Morgan fingerprint density at radius 3 is 2.88 bits per heavy atom. The highest BCUT2D eigenvalue weighted by molar-refractivity contribution is 7.99. The number of carbonyl (C=O) groups excluding carboxylic acids is 1. The number of unbranched alkanes of at least 4 members (excludes halogenated alkanes) is 3. The van der Waals surface area contributed by atoms with Crippen LogP contribution in [0, 0.1) is 11.3 Å². The Bertz CT molecular complexity index is 735. The molecule has 1 aromatic heterocycles. The minimum atomic E-state index is 0.0323. The predicted octanol–water partition coefficient (Wildman–Crippen LogP) is 4.08. The number of thioether (sulfide) groups is 1. The van der Waals surface area contributed by atoms with Gasteiger partial charge in [-0.1, -0.05) is 50.1 Å². The minimum Gasteiger partial charge on any atom is -0.344 e. The molecule has 134 valence electrons. The first-order chi connectivity index (χ1) is 12.2. The summed E-state index contributed by atoms with van der Waals surface area (Å²) in [7, 11) is 1.74. The molecule has 0 radical (unpaired) electrons. The normalized spacial score (nSPS) is 10.8. The van der Waals surface area contributed by atoms with Gasteiger partial charge in [0.05, 0.1) is 29.3 Å². The van der Waals surface area contributed by atoms with Crippen LogP contribution in [0.4, 0.5) is 0 Å². The lowest BCUT2D eigenvalue weighted by Crippen LogP contribution is -2.29. The first kappa shape index (κ1) is 19.3. The van der Waals surface area contributed by atoms with Gasteiger partial charge in [0.2, 0.25) is 5.91 Å². The zero-order valence-electron chi connectivity index (χ0n) is 15.1. The van der Waals surface area contributed by atoms with Gasteiger partial charge in [-0.2, -0.15) is 5.26 Å². The van der Waals surface area contributed by atoms with Crippen LogP contribution in [0.3, 0.4) is 0 Å². The highest BCUT2D eigenvalue weighted by atomic mass is 32.2. The van der Waals surface area contributed by atoms with Gasteiger partial charge in [-0.15, -0.1) is 0 Å². The number of carbonyl (C=O) groups is 1. The molecule has 0 aliphatic carbocycles. The van der Waals surface area contributed by atoms with Crippen molar-refractivity contribution >= 4 is 28.7 Å². The van der Waals surface area contributed by atoms with Crippen LogP contribution in [0.2, 0.25) is 0 Å². The fraction of sp³-hybridized carbons (Fsp3) is 0.526. The number of imidazole rings is 1. The molecule has 0 unspecified atom stereocenters. The zero-order chi connectivity index (χ0) is 18.1. The molecule has 0 saturated carbocycles. The first-order valence-electron chi connectivity index (χ1n) is 8.86. The summed E-state index contributed by atoms with van der Waals surface area (Å²) in [5.41, 5.74) is 2.11. The Hall–Kier alpha value is -2.00. The lowest BCUT2D eigenvalue weighted by atomic mass is 10.2. The van der Waals surface area contributed by atoms with Crippen LogP contribution in [-0.4, -0.2) is 39.7 Å². The van der Waals surface area contributed by atoms with E-state index in [9.17, 15) is 4.79 Å². The molecule has 25 heavy (non-hydrogen) atoms. The summed E-state index contributed by atoms with van der Waals surface area (Å²) in [5.74, 6) is 0.380. The van der Waals surface area contributed by atoms with Crippen molar-refractivity contribution in [3.8, 4) is 6.07 Å². The molecule has 0 atom stereocenters. The molecule has 0 aliphatic heterocycles. The van der Waals surface area contributed by atoms with E-state index in [1.54, 1.807) is 11.9 Å². The van der Waals surface area contributed by atoms with Gasteiger partial charge in [0.25, 0.3) is 0 Å². The molecule has 1 amide bonds. The van der Waals surface area contributed by atoms with Crippen molar-refractivity contribution in [3.05, 3.63) is 24.3 Å². The lowest BCUT2D eigenvalue weighted by Gasteiger charge is -2.15. The number of rotatable bonds is 10. The maximum atomic E-state index is 12.2. The maximum Gasteiger partial charge on any atom is 0.232 e. The summed E-state index contributed by atoms with van der Waals surface area (Å²) >= 11 is 1.48. The van der Waals surface area contributed by atoms with Gasteiger partial charge in [0, 0.05) is 20.1 Å². The molecular formula is C19H26N4OS. The predicted molar refractivity (Wildman–Crippen MR) is 102 cm³/mol. The van der Waals surface area contributed by atoms with E-state index in [4.69, 9.17) is 10.2 Å². The van der Waals surface area contributed by atoms with Crippen molar-refractivity contribution in [2.24, 2.45) is 0 Å². The van der Waals surface area contributed by atoms with E-state index in [0.29, 0.717) is 18.7 Å². The largest absolute Gasteiger partial charge is 0.344 e. The smallest absolute Gasteiger partial charge is 0.232 e.